The van der Waals surface area contributed by atoms with Gasteiger partial charge in [-0.25, -0.2) is 0 Å². The number of hydrogen-bond acceptors (Lipinski definition) is 7. The van der Waals surface area contributed by atoms with Crippen molar-refractivity contribution in [3.63, 3.8) is 0 Å². The standard InChI is InChI=1S/C24H22N4O4S/c1-2-31-22(30)16-27(18-10-5-3-6-11-18)21(29)17-33-24-26-25-23(20-14-9-15-32-20)28(24)19-12-7-4-8-13-19/h3-15H,2,16-17H2,1H3. The SMILES string of the molecule is CCOC(=O)CN(C(=O)CSc1nnc(-c2ccco2)n1-c1ccccc1)c1ccccc1. The molecule has 9 heteroatoms. The van der Waals surface area contributed by atoms with Gasteiger partial charge in [0.05, 0.1) is 18.6 Å². The summed E-state index contributed by atoms with van der Waals surface area (Å²) in [4.78, 5) is 26.7. The number of hydrogen-bond donors (Lipinski definition) is 0. The number of thioether (sulfide) groups is 1. The van der Waals surface area contributed by atoms with Gasteiger partial charge in [-0.3, -0.25) is 14.2 Å². The van der Waals surface area contributed by atoms with Crippen LogP contribution < -0.4 is 4.90 Å². The van der Waals surface area contributed by atoms with Crippen LogP contribution in [0.3, 0.4) is 0 Å². The third kappa shape index (κ3) is 5.32. The number of carbonyl (C=O) groups is 2. The number of benzene rings is 2. The van der Waals surface area contributed by atoms with Crippen LogP contribution in [0.4, 0.5) is 5.69 Å². The smallest absolute Gasteiger partial charge is 0.326 e. The van der Waals surface area contributed by atoms with E-state index in [0.29, 0.717) is 22.4 Å². The zero-order valence-electron chi connectivity index (χ0n) is 18.0. The van der Waals surface area contributed by atoms with E-state index in [9.17, 15) is 9.59 Å². The fraction of sp³-hybridized carbons (Fsp3) is 0.167. The summed E-state index contributed by atoms with van der Waals surface area (Å²) in [7, 11) is 0. The minimum absolute atomic E-state index is 0.0530. The summed E-state index contributed by atoms with van der Waals surface area (Å²) in [5.41, 5.74) is 1.47. The van der Waals surface area contributed by atoms with Gasteiger partial charge in [-0.05, 0) is 43.3 Å². The summed E-state index contributed by atoms with van der Waals surface area (Å²) in [5.74, 6) is 0.441. The molecule has 0 spiro atoms. The third-order valence-electron chi connectivity index (χ3n) is 4.68. The van der Waals surface area contributed by atoms with Crippen LogP contribution in [-0.2, 0) is 14.3 Å². The van der Waals surface area contributed by atoms with Crippen molar-refractivity contribution in [1.82, 2.24) is 14.8 Å². The van der Waals surface area contributed by atoms with Crippen LogP contribution >= 0.6 is 11.8 Å². The first kappa shape index (κ1) is 22.3. The lowest BCUT2D eigenvalue weighted by Crippen LogP contribution is -2.37. The van der Waals surface area contributed by atoms with Crippen molar-refractivity contribution < 1.29 is 18.7 Å². The van der Waals surface area contributed by atoms with Crippen molar-refractivity contribution in [2.45, 2.75) is 12.1 Å². The minimum atomic E-state index is -0.465. The van der Waals surface area contributed by atoms with Gasteiger partial charge in [0.1, 0.15) is 6.54 Å². The minimum Gasteiger partial charge on any atom is -0.465 e. The Morgan fingerprint density at radius 3 is 2.39 bits per heavy atom. The largest absolute Gasteiger partial charge is 0.465 e. The monoisotopic (exact) mass is 462 g/mol. The second kappa shape index (κ2) is 10.6. The lowest BCUT2D eigenvalue weighted by Gasteiger charge is -2.21. The van der Waals surface area contributed by atoms with E-state index in [4.69, 9.17) is 9.15 Å². The lowest BCUT2D eigenvalue weighted by atomic mass is 10.3. The molecule has 0 radical (unpaired) electrons. The summed E-state index contributed by atoms with van der Waals surface area (Å²) in [6, 6.07) is 22.2. The Bertz CT molecular complexity index is 1190. The maximum absolute atomic E-state index is 13.2. The second-order valence-corrected chi connectivity index (χ2v) is 7.81. The molecule has 2 heterocycles. The molecule has 0 aliphatic rings. The van der Waals surface area contributed by atoms with Crippen molar-refractivity contribution in [3.8, 4) is 17.3 Å². The molecule has 0 saturated carbocycles. The van der Waals surface area contributed by atoms with Gasteiger partial charge in [-0.2, -0.15) is 0 Å². The van der Waals surface area contributed by atoms with Crippen molar-refractivity contribution >= 4 is 29.3 Å². The quantitative estimate of drug-likeness (QED) is 0.272. The average Bonchev–Trinajstić information content (AvgIpc) is 3.52. The molecule has 0 bridgehead atoms. The number of aromatic nitrogens is 3. The Morgan fingerprint density at radius 2 is 1.73 bits per heavy atom. The van der Waals surface area contributed by atoms with Crippen LogP contribution in [0, 0.1) is 0 Å². The first-order chi connectivity index (χ1) is 16.2. The molecule has 0 aliphatic carbocycles. The molecule has 33 heavy (non-hydrogen) atoms. The van der Waals surface area contributed by atoms with Gasteiger partial charge < -0.3 is 14.1 Å². The summed E-state index contributed by atoms with van der Waals surface area (Å²) in [6.07, 6.45) is 1.57. The first-order valence-corrected chi connectivity index (χ1v) is 11.3. The molecule has 0 unspecified atom stereocenters. The van der Waals surface area contributed by atoms with E-state index in [2.05, 4.69) is 10.2 Å². The molecule has 2 aromatic heterocycles. The highest BCUT2D eigenvalue weighted by Crippen LogP contribution is 2.28. The van der Waals surface area contributed by atoms with Crippen LogP contribution in [-0.4, -0.2) is 45.5 Å². The Hall–Kier alpha value is -3.85. The van der Waals surface area contributed by atoms with Gasteiger partial charge in [-0.15, -0.1) is 10.2 Å². The van der Waals surface area contributed by atoms with E-state index in [1.807, 2.05) is 53.1 Å². The van der Waals surface area contributed by atoms with Gasteiger partial charge in [-0.1, -0.05) is 48.2 Å². The van der Waals surface area contributed by atoms with E-state index in [-0.39, 0.29) is 24.8 Å². The highest BCUT2D eigenvalue weighted by atomic mass is 32.2. The van der Waals surface area contributed by atoms with Crippen LogP contribution in [0.15, 0.2) is 88.6 Å². The van der Waals surface area contributed by atoms with Gasteiger partial charge >= 0.3 is 5.97 Å². The van der Waals surface area contributed by atoms with Crippen molar-refractivity contribution in [3.05, 3.63) is 79.1 Å². The molecule has 1 amide bonds. The van der Waals surface area contributed by atoms with Crippen LogP contribution in [0.5, 0.6) is 0 Å². The highest BCUT2D eigenvalue weighted by Gasteiger charge is 2.23. The summed E-state index contributed by atoms with van der Waals surface area (Å²) >= 11 is 1.24. The van der Waals surface area contributed by atoms with Crippen LogP contribution in [0.25, 0.3) is 17.3 Å². The average molecular weight is 463 g/mol. The summed E-state index contributed by atoms with van der Waals surface area (Å²) in [5, 5.41) is 9.12. The molecular formula is C24H22N4O4S. The van der Waals surface area contributed by atoms with Gasteiger partial charge in [0, 0.05) is 11.4 Å². The zero-order chi connectivity index (χ0) is 23.0. The lowest BCUT2D eigenvalue weighted by molar-refractivity contribution is -0.142. The Labute approximate surface area is 195 Å². The van der Waals surface area contributed by atoms with Crippen LogP contribution in [0.1, 0.15) is 6.92 Å². The molecule has 4 rings (SSSR count). The Balaban J connectivity index is 1.58. The number of carbonyl (C=O) groups excluding carboxylic acids is 2. The Morgan fingerprint density at radius 1 is 1.00 bits per heavy atom. The number of para-hydroxylation sites is 2. The second-order valence-electron chi connectivity index (χ2n) is 6.86. The van der Waals surface area contributed by atoms with Gasteiger partial charge in [0.2, 0.25) is 11.7 Å². The maximum Gasteiger partial charge on any atom is 0.326 e. The molecule has 0 fully saturated rings. The topological polar surface area (TPSA) is 90.5 Å². The molecule has 4 aromatic rings. The maximum atomic E-state index is 13.2. The predicted octanol–water partition coefficient (Wildman–Crippen LogP) is 4.22. The number of ether oxygens (including phenoxy) is 1. The molecule has 0 saturated heterocycles. The van der Waals surface area contributed by atoms with E-state index in [1.165, 1.54) is 16.7 Å². The molecule has 0 aliphatic heterocycles. The summed E-state index contributed by atoms with van der Waals surface area (Å²) in [6.45, 7) is 1.82. The number of rotatable bonds is 9. The van der Waals surface area contributed by atoms with Gasteiger partial charge in [0.25, 0.3) is 0 Å². The molecule has 0 atom stereocenters. The van der Waals surface area contributed by atoms with Crippen LogP contribution in [0.2, 0.25) is 0 Å². The fourth-order valence-electron chi connectivity index (χ4n) is 3.21. The van der Waals surface area contributed by atoms with Gasteiger partial charge in [0.15, 0.2) is 10.9 Å². The molecule has 2 aromatic carbocycles. The summed E-state index contributed by atoms with van der Waals surface area (Å²) < 4.78 is 12.4. The van der Waals surface area contributed by atoms with E-state index >= 15 is 0 Å². The van der Waals surface area contributed by atoms with Crippen molar-refractivity contribution in [2.75, 3.05) is 23.8 Å². The number of furan rings is 1. The van der Waals surface area contributed by atoms with E-state index in [0.717, 1.165) is 5.69 Å². The van der Waals surface area contributed by atoms with Crippen molar-refractivity contribution in [2.24, 2.45) is 0 Å². The Kier molecular flexibility index (Phi) is 7.21. The zero-order valence-corrected chi connectivity index (χ0v) is 18.8. The molecule has 8 nitrogen and oxygen atoms in total. The first-order valence-electron chi connectivity index (χ1n) is 10.4. The van der Waals surface area contributed by atoms with E-state index < -0.39 is 5.97 Å². The number of amides is 1. The van der Waals surface area contributed by atoms with E-state index in [1.54, 1.807) is 37.5 Å². The third-order valence-corrected chi connectivity index (χ3v) is 5.59. The highest BCUT2D eigenvalue weighted by molar-refractivity contribution is 7.99. The molecule has 0 N–H and O–H groups in total. The normalized spacial score (nSPS) is 10.7. The fourth-order valence-corrected chi connectivity index (χ4v) is 4.04. The van der Waals surface area contributed by atoms with Crippen molar-refractivity contribution in [1.29, 1.82) is 0 Å². The number of anilines is 1. The predicted molar refractivity (Wildman–Crippen MR) is 125 cm³/mol. The number of esters is 1. The number of nitrogens with zero attached hydrogens (tertiary/aromatic N) is 4. The molecular weight excluding hydrogens is 440 g/mol. The molecule has 168 valence electrons.